The SMILES string of the molecule is COC(=O)[C@@]1(C)CCC[C@@]2(C)[C@H]1[C@@H](O)C(=O)[C@H]1[C@@H](C)/C(=C\C(=O)OCCN(C)C)CC[C@@H]12. The fraction of sp³-hybridized carbons (Fsp3) is 0.800. The molecule has 3 aliphatic rings. The molecule has 0 amide bonds. The lowest BCUT2D eigenvalue weighted by Crippen LogP contribution is -2.65. The Hall–Kier alpha value is -1.73. The quantitative estimate of drug-likeness (QED) is 0.509. The van der Waals surface area contributed by atoms with E-state index in [1.165, 1.54) is 7.11 Å². The number of allylic oxidation sites excluding steroid dienone is 1. The summed E-state index contributed by atoms with van der Waals surface area (Å²) >= 11 is 0. The molecule has 1 N–H and O–H groups in total. The van der Waals surface area contributed by atoms with Crippen LogP contribution in [0.2, 0.25) is 0 Å². The van der Waals surface area contributed by atoms with Gasteiger partial charge in [0.2, 0.25) is 0 Å². The van der Waals surface area contributed by atoms with Crippen molar-refractivity contribution in [2.45, 2.75) is 59.0 Å². The van der Waals surface area contributed by atoms with Crippen LogP contribution in [-0.4, -0.2) is 68.2 Å². The molecular weight excluding hydrogens is 410 g/mol. The zero-order valence-corrected chi connectivity index (χ0v) is 20.3. The van der Waals surface area contributed by atoms with E-state index in [1.54, 1.807) is 6.08 Å². The second-order valence-electron chi connectivity index (χ2n) is 10.7. The van der Waals surface area contributed by atoms with Crippen LogP contribution >= 0.6 is 0 Å². The summed E-state index contributed by atoms with van der Waals surface area (Å²) in [5.74, 6) is -1.83. The maximum Gasteiger partial charge on any atom is 0.330 e. The van der Waals surface area contributed by atoms with Crippen molar-refractivity contribution >= 4 is 17.7 Å². The largest absolute Gasteiger partial charge is 0.469 e. The molecule has 180 valence electrons. The summed E-state index contributed by atoms with van der Waals surface area (Å²) in [5, 5.41) is 11.2. The molecule has 32 heavy (non-hydrogen) atoms. The van der Waals surface area contributed by atoms with Crippen LogP contribution in [-0.2, 0) is 23.9 Å². The van der Waals surface area contributed by atoms with E-state index in [4.69, 9.17) is 9.47 Å². The van der Waals surface area contributed by atoms with E-state index in [0.29, 0.717) is 26.0 Å². The number of aliphatic hydroxyl groups excluding tert-OH is 1. The first-order valence-corrected chi connectivity index (χ1v) is 11.8. The van der Waals surface area contributed by atoms with Gasteiger partial charge >= 0.3 is 11.9 Å². The van der Waals surface area contributed by atoms with Crippen LogP contribution in [0.5, 0.6) is 0 Å². The fourth-order valence-electron chi connectivity index (χ4n) is 7.04. The molecule has 0 aromatic carbocycles. The molecule has 0 saturated heterocycles. The average Bonchev–Trinajstić information content (AvgIpc) is 2.72. The minimum atomic E-state index is -1.21. The highest BCUT2D eigenvalue weighted by molar-refractivity contribution is 5.90. The smallest absolute Gasteiger partial charge is 0.330 e. The van der Waals surface area contributed by atoms with Crippen molar-refractivity contribution in [2.24, 2.45) is 34.5 Å². The molecule has 3 rings (SSSR count). The number of aliphatic hydroxyl groups is 1. The van der Waals surface area contributed by atoms with Gasteiger partial charge in [0.1, 0.15) is 12.7 Å². The molecule has 7 atom stereocenters. The van der Waals surface area contributed by atoms with E-state index < -0.39 is 17.4 Å². The number of likely N-dealkylation sites (N-methyl/N-ethyl adjacent to an activating group) is 1. The van der Waals surface area contributed by atoms with Crippen LogP contribution in [0, 0.1) is 34.5 Å². The van der Waals surface area contributed by atoms with Gasteiger partial charge in [-0.3, -0.25) is 9.59 Å². The summed E-state index contributed by atoms with van der Waals surface area (Å²) in [5.41, 5.74) is -0.307. The second kappa shape index (κ2) is 9.26. The normalized spacial score (nSPS) is 40.6. The third-order valence-corrected chi connectivity index (χ3v) is 8.63. The first kappa shape index (κ1) is 24.9. The van der Waals surface area contributed by atoms with E-state index in [1.807, 2.05) is 32.8 Å². The Kier molecular flexibility index (Phi) is 7.20. The lowest BCUT2D eigenvalue weighted by Gasteiger charge is -2.61. The van der Waals surface area contributed by atoms with Crippen LogP contribution in [0.25, 0.3) is 0 Å². The molecule has 0 heterocycles. The van der Waals surface area contributed by atoms with Crippen molar-refractivity contribution in [1.82, 2.24) is 4.90 Å². The lowest BCUT2D eigenvalue weighted by atomic mass is 9.42. The van der Waals surface area contributed by atoms with Gasteiger partial charge < -0.3 is 19.5 Å². The van der Waals surface area contributed by atoms with Crippen molar-refractivity contribution in [3.63, 3.8) is 0 Å². The number of methoxy groups -OCH3 is 1. The summed E-state index contributed by atoms with van der Waals surface area (Å²) in [6, 6.07) is 0. The summed E-state index contributed by atoms with van der Waals surface area (Å²) in [6.45, 7) is 6.94. The molecule has 0 aromatic rings. The number of ether oxygens (including phenoxy) is 2. The van der Waals surface area contributed by atoms with E-state index in [-0.39, 0.29) is 40.9 Å². The Balaban J connectivity index is 1.87. The minimum absolute atomic E-state index is 0.0598. The number of hydrogen-bond donors (Lipinski definition) is 1. The third kappa shape index (κ3) is 4.14. The van der Waals surface area contributed by atoms with Gasteiger partial charge in [-0.05, 0) is 64.0 Å². The maximum atomic E-state index is 13.5. The zero-order chi connectivity index (χ0) is 23.8. The highest BCUT2D eigenvalue weighted by Gasteiger charge is 2.66. The molecule has 0 bridgehead atoms. The molecule has 0 unspecified atom stereocenters. The highest BCUT2D eigenvalue weighted by Crippen LogP contribution is 2.64. The fourth-order valence-corrected chi connectivity index (χ4v) is 7.04. The van der Waals surface area contributed by atoms with Crippen molar-refractivity contribution in [2.75, 3.05) is 34.4 Å². The molecule has 7 nitrogen and oxygen atoms in total. The van der Waals surface area contributed by atoms with Gasteiger partial charge in [-0.1, -0.05) is 25.8 Å². The molecule has 3 aliphatic carbocycles. The number of fused-ring (bicyclic) bond motifs is 3. The Labute approximate surface area is 191 Å². The minimum Gasteiger partial charge on any atom is -0.469 e. The summed E-state index contributed by atoms with van der Waals surface area (Å²) < 4.78 is 10.4. The van der Waals surface area contributed by atoms with Crippen LogP contribution in [0.4, 0.5) is 0 Å². The van der Waals surface area contributed by atoms with Gasteiger partial charge in [-0.25, -0.2) is 4.79 Å². The van der Waals surface area contributed by atoms with Crippen molar-refractivity contribution in [3.05, 3.63) is 11.6 Å². The monoisotopic (exact) mass is 449 g/mol. The lowest BCUT2D eigenvalue weighted by molar-refractivity contribution is -0.198. The number of esters is 2. The topological polar surface area (TPSA) is 93.1 Å². The van der Waals surface area contributed by atoms with Gasteiger partial charge in [0, 0.05) is 24.5 Å². The van der Waals surface area contributed by atoms with E-state index in [2.05, 4.69) is 6.92 Å². The van der Waals surface area contributed by atoms with E-state index >= 15 is 0 Å². The Morgan fingerprint density at radius 3 is 2.56 bits per heavy atom. The Morgan fingerprint density at radius 2 is 1.94 bits per heavy atom. The number of carbonyl (C=O) groups excluding carboxylic acids is 3. The third-order valence-electron chi connectivity index (χ3n) is 8.63. The molecule has 0 aromatic heterocycles. The summed E-state index contributed by atoms with van der Waals surface area (Å²) in [4.78, 5) is 40.5. The van der Waals surface area contributed by atoms with Gasteiger partial charge in [0.25, 0.3) is 0 Å². The Bertz CT molecular complexity index is 791. The molecule has 0 radical (unpaired) electrons. The molecule has 7 heteroatoms. The number of rotatable bonds is 5. The van der Waals surface area contributed by atoms with Gasteiger partial charge in [0.15, 0.2) is 5.78 Å². The molecule has 3 fully saturated rings. The molecule has 0 aliphatic heterocycles. The van der Waals surface area contributed by atoms with Gasteiger partial charge in [-0.15, -0.1) is 0 Å². The van der Waals surface area contributed by atoms with Crippen LogP contribution in [0.1, 0.15) is 52.9 Å². The maximum absolute atomic E-state index is 13.5. The van der Waals surface area contributed by atoms with Crippen LogP contribution in [0.3, 0.4) is 0 Å². The molecule has 0 spiro atoms. The van der Waals surface area contributed by atoms with Crippen LogP contribution in [0.15, 0.2) is 11.6 Å². The van der Waals surface area contributed by atoms with Crippen molar-refractivity contribution in [1.29, 1.82) is 0 Å². The van der Waals surface area contributed by atoms with Gasteiger partial charge in [0.05, 0.1) is 12.5 Å². The van der Waals surface area contributed by atoms with Crippen molar-refractivity contribution < 1.29 is 29.0 Å². The zero-order valence-electron chi connectivity index (χ0n) is 20.3. The first-order valence-electron chi connectivity index (χ1n) is 11.8. The standard InChI is InChI=1S/C25H39NO6/c1-15-16(14-18(27)32-13-12-26(4)5)8-9-17-19(15)20(28)21(29)22-24(17,2)10-7-11-25(22,3)23(30)31-6/h14-15,17,19,21-22,29H,7-13H2,1-6H3/b16-14-/t15-,17-,19-,21-,22+,24+,25-/m0/s1. The molecular formula is C25H39NO6. The summed E-state index contributed by atoms with van der Waals surface area (Å²) in [7, 11) is 5.20. The number of carbonyl (C=O) groups is 3. The number of hydrogen-bond acceptors (Lipinski definition) is 7. The summed E-state index contributed by atoms with van der Waals surface area (Å²) in [6.07, 6.45) is 4.15. The number of nitrogens with zero attached hydrogens (tertiary/aromatic N) is 1. The second-order valence-corrected chi connectivity index (χ2v) is 10.7. The van der Waals surface area contributed by atoms with E-state index in [0.717, 1.165) is 24.8 Å². The van der Waals surface area contributed by atoms with Crippen molar-refractivity contribution in [3.8, 4) is 0 Å². The predicted octanol–water partition coefficient (Wildman–Crippen LogP) is 2.61. The Morgan fingerprint density at radius 1 is 1.25 bits per heavy atom. The van der Waals surface area contributed by atoms with E-state index in [9.17, 15) is 19.5 Å². The first-order chi connectivity index (χ1) is 15.0. The number of Topliss-reactive ketones (excluding diaryl/α,β-unsaturated/α-hetero) is 1. The number of ketones is 1. The predicted molar refractivity (Wildman–Crippen MR) is 120 cm³/mol. The van der Waals surface area contributed by atoms with Crippen LogP contribution < -0.4 is 0 Å². The molecule has 3 saturated carbocycles. The average molecular weight is 450 g/mol. The van der Waals surface area contributed by atoms with Gasteiger partial charge in [-0.2, -0.15) is 0 Å². The highest BCUT2D eigenvalue weighted by atomic mass is 16.5.